The fourth-order valence-electron chi connectivity index (χ4n) is 2.35. The fraction of sp³-hybridized carbons (Fsp3) is 1.00. The Morgan fingerprint density at radius 1 is 1.24 bits per heavy atom. The van der Waals surface area contributed by atoms with E-state index in [1.807, 2.05) is 0 Å². The molecule has 0 bridgehead atoms. The third kappa shape index (κ3) is 4.94. The molecule has 1 aliphatic rings. The molecule has 102 valence electrons. The maximum Gasteiger partial charge on any atom is 0.0753 e. The van der Waals surface area contributed by atoms with Crippen LogP contribution in [0.2, 0.25) is 0 Å². The van der Waals surface area contributed by atoms with Crippen molar-refractivity contribution < 1.29 is 4.74 Å². The van der Waals surface area contributed by atoms with Gasteiger partial charge in [-0.15, -0.1) is 0 Å². The average Bonchev–Trinajstić information content (AvgIpc) is 2.23. The van der Waals surface area contributed by atoms with Gasteiger partial charge in [0.15, 0.2) is 0 Å². The van der Waals surface area contributed by atoms with E-state index in [0.717, 1.165) is 26.2 Å². The first-order valence-corrected chi connectivity index (χ1v) is 6.93. The maximum atomic E-state index is 5.77. The molecule has 3 heteroatoms. The highest BCUT2D eigenvalue weighted by Gasteiger charge is 2.31. The van der Waals surface area contributed by atoms with E-state index in [2.05, 4.69) is 51.8 Å². The third-order valence-electron chi connectivity index (χ3n) is 3.70. The lowest BCUT2D eigenvalue weighted by Crippen LogP contribution is -2.53. The summed E-state index contributed by atoms with van der Waals surface area (Å²) in [5.74, 6) is 0.672. The van der Waals surface area contributed by atoms with Crippen molar-refractivity contribution in [2.24, 2.45) is 5.92 Å². The Kier molecular flexibility index (Phi) is 5.42. The van der Waals surface area contributed by atoms with Gasteiger partial charge in [0.2, 0.25) is 0 Å². The van der Waals surface area contributed by atoms with E-state index in [9.17, 15) is 0 Å². The Morgan fingerprint density at radius 2 is 1.88 bits per heavy atom. The first kappa shape index (κ1) is 14.9. The molecular weight excluding hydrogens is 212 g/mol. The zero-order valence-electron chi connectivity index (χ0n) is 12.4. The van der Waals surface area contributed by atoms with Crippen molar-refractivity contribution in [2.75, 3.05) is 26.2 Å². The number of hydrogen-bond donors (Lipinski definition) is 1. The van der Waals surface area contributed by atoms with Gasteiger partial charge in [0.05, 0.1) is 12.2 Å². The normalized spacial score (nSPS) is 24.9. The Morgan fingerprint density at radius 3 is 2.41 bits per heavy atom. The maximum absolute atomic E-state index is 5.77. The Balaban J connectivity index is 2.42. The molecule has 1 aliphatic heterocycles. The molecule has 0 amide bonds. The van der Waals surface area contributed by atoms with Gasteiger partial charge in [0, 0.05) is 25.2 Å². The van der Waals surface area contributed by atoms with Crippen LogP contribution in [0.15, 0.2) is 0 Å². The summed E-state index contributed by atoms with van der Waals surface area (Å²) >= 11 is 0. The summed E-state index contributed by atoms with van der Waals surface area (Å²) in [4.78, 5) is 2.57. The molecule has 0 aromatic carbocycles. The number of nitrogens with one attached hydrogen (secondary N) is 1. The summed E-state index contributed by atoms with van der Waals surface area (Å²) in [5, 5.41) is 3.53. The molecule has 0 aromatic rings. The molecule has 0 aromatic heterocycles. The van der Waals surface area contributed by atoms with Crippen LogP contribution >= 0.6 is 0 Å². The summed E-state index contributed by atoms with van der Waals surface area (Å²) in [6.07, 6.45) is 0. The zero-order chi connectivity index (χ0) is 13.1. The standard InChI is InChI=1S/C14H30N2O/c1-11(2)15-9-12(3)13(4)16-7-8-17-14(5,6)10-16/h11-13,15H,7-10H2,1-6H3. The molecular formula is C14H30N2O. The highest BCUT2D eigenvalue weighted by Crippen LogP contribution is 2.21. The highest BCUT2D eigenvalue weighted by atomic mass is 16.5. The second-order valence-electron chi connectivity index (χ2n) is 6.36. The number of ether oxygens (including phenoxy) is 1. The number of nitrogens with zero attached hydrogens (tertiary/aromatic N) is 1. The van der Waals surface area contributed by atoms with Crippen LogP contribution in [0.1, 0.15) is 41.5 Å². The molecule has 1 fully saturated rings. The van der Waals surface area contributed by atoms with E-state index < -0.39 is 0 Å². The van der Waals surface area contributed by atoms with Crippen LogP contribution in [0.5, 0.6) is 0 Å². The topological polar surface area (TPSA) is 24.5 Å². The molecule has 0 radical (unpaired) electrons. The Labute approximate surface area is 107 Å². The van der Waals surface area contributed by atoms with Crippen LogP contribution in [0, 0.1) is 5.92 Å². The minimum Gasteiger partial charge on any atom is -0.373 e. The second kappa shape index (κ2) is 6.17. The van der Waals surface area contributed by atoms with Gasteiger partial charge in [-0.3, -0.25) is 4.90 Å². The molecule has 0 saturated carbocycles. The molecule has 1 rings (SSSR count). The molecule has 0 aliphatic carbocycles. The highest BCUT2D eigenvalue weighted by molar-refractivity contribution is 4.84. The molecule has 1 saturated heterocycles. The van der Waals surface area contributed by atoms with Gasteiger partial charge in [0.25, 0.3) is 0 Å². The molecule has 3 nitrogen and oxygen atoms in total. The Hall–Kier alpha value is -0.120. The molecule has 0 spiro atoms. The van der Waals surface area contributed by atoms with Crippen LogP contribution in [0.25, 0.3) is 0 Å². The lowest BCUT2D eigenvalue weighted by molar-refractivity contribution is -0.1000. The Bertz CT molecular complexity index is 228. The van der Waals surface area contributed by atoms with Gasteiger partial charge in [0.1, 0.15) is 0 Å². The minimum atomic E-state index is 0.0116. The van der Waals surface area contributed by atoms with E-state index in [1.165, 1.54) is 0 Å². The van der Waals surface area contributed by atoms with Crippen LogP contribution in [0.3, 0.4) is 0 Å². The van der Waals surface area contributed by atoms with Crippen LogP contribution in [-0.4, -0.2) is 48.8 Å². The van der Waals surface area contributed by atoms with Crippen molar-refractivity contribution in [3.05, 3.63) is 0 Å². The van der Waals surface area contributed by atoms with Gasteiger partial charge >= 0.3 is 0 Å². The van der Waals surface area contributed by atoms with Crippen molar-refractivity contribution in [2.45, 2.75) is 59.2 Å². The molecule has 2 atom stereocenters. The largest absolute Gasteiger partial charge is 0.373 e. The summed E-state index contributed by atoms with van der Waals surface area (Å²) in [6.45, 7) is 17.5. The lowest BCUT2D eigenvalue weighted by atomic mass is 9.98. The molecule has 17 heavy (non-hydrogen) atoms. The quantitative estimate of drug-likeness (QED) is 0.799. The fourth-order valence-corrected chi connectivity index (χ4v) is 2.35. The van der Waals surface area contributed by atoms with Gasteiger partial charge in [-0.05, 0) is 33.2 Å². The molecule has 2 unspecified atom stereocenters. The summed E-state index contributed by atoms with van der Waals surface area (Å²) < 4.78 is 5.77. The SMILES string of the molecule is CC(C)NCC(C)C(C)N1CCOC(C)(C)C1. The van der Waals surface area contributed by atoms with Crippen LogP contribution < -0.4 is 5.32 Å². The third-order valence-corrected chi connectivity index (χ3v) is 3.70. The van der Waals surface area contributed by atoms with Crippen molar-refractivity contribution in [3.63, 3.8) is 0 Å². The van der Waals surface area contributed by atoms with Gasteiger partial charge < -0.3 is 10.1 Å². The van der Waals surface area contributed by atoms with E-state index in [0.29, 0.717) is 18.0 Å². The van der Waals surface area contributed by atoms with E-state index in [4.69, 9.17) is 4.74 Å². The molecule has 1 N–H and O–H groups in total. The average molecular weight is 242 g/mol. The minimum absolute atomic E-state index is 0.0116. The number of morpholine rings is 1. The first-order chi connectivity index (χ1) is 7.82. The monoisotopic (exact) mass is 242 g/mol. The number of hydrogen-bond acceptors (Lipinski definition) is 3. The smallest absolute Gasteiger partial charge is 0.0753 e. The van der Waals surface area contributed by atoms with Gasteiger partial charge in [-0.1, -0.05) is 20.8 Å². The summed E-state index contributed by atoms with van der Waals surface area (Å²) in [7, 11) is 0. The van der Waals surface area contributed by atoms with Crippen LogP contribution in [0.4, 0.5) is 0 Å². The van der Waals surface area contributed by atoms with Crippen molar-refractivity contribution in [1.29, 1.82) is 0 Å². The lowest BCUT2D eigenvalue weighted by Gasteiger charge is -2.43. The van der Waals surface area contributed by atoms with Gasteiger partial charge in [-0.2, -0.15) is 0 Å². The number of rotatable bonds is 5. The van der Waals surface area contributed by atoms with E-state index >= 15 is 0 Å². The van der Waals surface area contributed by atoms with Crippen LogP contribution in [-0.2, 0) is 4.74 Å². The summed E-state index contributed by atoms with van der Waals surface area (Å²) in [6, 6.07) is 1.19. The van der Waals surface area contributed by atoms with E-state index in [1.54, 1.807) is 0 Å². The van der Waals surface area contributed by atoms with Crippen molar-refractivity contribution in [1.82, 2.24) is 10.2 Å². The predicted molar refractivity (Wildman–Crippen MR) is 73.4 cm³/mol. The molecule has 1 heterocycles. The summed E-state index contributed by atoms with van der Waals surface area (Å²) in [5.41, 5.74) is 0.0116. The van der Waals surface area contributed by atoms with Crippen molar-refractivity contribution in [3.8, 4) is 0 Å². The first-order valence-electron chi connectivity index (χ1n) is 6.93. The zero-order valence-corrected chi connectivity index (χ0v) is 12.4. The predicted octanol–water partition coefficient (Wildman–Crippen LogP) is 2.12. The second-order valence-corrected chi connectivity index (χ2v) is 6.36. The van der Waals surface area contributed by atoms with E-state index in [-0.39, 0.29) is 5.60 Å². The van der Waals surface area contributed by atoms with Crippen molar-refractivity contribution >= 4 is 0 Å². The van der Waals surface area contributed by atoms with Gasteiger partial charge in [-0.25, -0.2) is 0 Å².